The average Bonchev–Trinajstić information content (AvgIpc) is 3.25. The van der Waals surface area contributed by atoms with E-state index in [4.69, 9.17) is 4.74 Å². The van der Waals surface area contributed by atoms with E-state index in [0.29, 0.717) is 6.10 Å². The molecular weight excluding hydrogens is 260 g/mol. The van der Waals surface area contributed by atoms with Gasteiger partial charge in [0.25, 0.3) is 0 Å². The molecule has 0 spiro atoms. The van der Waals surface area contributed by atoms with Gasteiger partial charge in [0.2, 0.25) is 0 Å². The molecule has 0 bridgehead atoms. The predicted octanol–water partition coefficient (Wildman–Crippen LogP) is 4.10. The maximum Gasteiger partial charge on any atom is 0.120 e. The summed E-state index contributed by atoms with van der Waals surface area (Å²) in [6, 6.07) is 14.0. The minimum atomic E-state index is -1.01. The molecule has 2 heteroatoms. The summed E-state index contributed by atoms with van der Waals surface area (Å²) in [5.74, 6) is 0.848. The minimum Gasteiger partial charge on any atom is -0.490 e. The van der Waals surface area contributed by atoms with E-state index in [1.807, 2.05) is 45.0 Å². The Morgan fingerprint density at radius 1 is 1.10 bits per heavy atom. The van der Waals surface area contributed by atoms with Crippen molar-refractivity contribution in [3.8, 4) is 5.75 Å². The molecule has 1 aliphatic rings. The van der Waals surface area contributed by atoms with Crippen LogP contribution in [0.1, 0.15) is 42.0 Å². The smallest absolute Gasteiger partial charge is 0.120 e. The third-order valence-electron chi connectivity index (χ3n) is 4.14. The number of aliphatic hydroxyl groups is 1. The third-order valence-corrected chi connectivity index (χ3v) is 4.14. The topological polar surface area (TPSA) is 29.5 Å². The highest BCUT2D eigenvalue weighted by Crippen LogP contribution is 2.35. The Kier molecular flexibility index (Phi) is 3.50. The average molecular weight is 282 g/mol. The second kappa shape index (κ2) is 5.19. The normalized spacial score (nSPS) is 17.3. The quantitative estimate of drug-likeness (QED) is 0.914. The lowest BCUT2D eigenvalue weighted by molar-refractivity contribution is 0.101. The summed E-state index contributed by atoms with van der Waals surface area (Å²) < 4.78 is 5.84. The number of aryl methyl sites for hydroxylation is 2. The summed E-state index contributed by atoms with van der Waals surface area (Å²) in [6.45, 7) is 5.93. The van der Waals surface area contributed by atoms with Gasteiger partial charge < -0.3 is 9.84 Å². The Bertz CT molecular complexity index is 654. The maximum atomic E-state index is 11.1. The zero-order chi connectivity index (χ0) is 15.0. The standard InChI is InChI=1S/C19H22O2/c1-13-7-8-14(2)18(11-13)19(3,20)15-5-4-6-17(12-15)21-16-9-10-16/h4-8,11-12,16,20H,9-10H2,1-3H3. The number of benzene rings is 2. The van der Waals surface area contributed by atoms with Gasteiger partial charge >= 0.3 is 0 Å². The lowest BCUT2D eigenvalue weighted by Gasteiger charge is -2.27. The van der Waals surface area contributed by atoms with Crippen molar-refractivity contribution in [2.75, 3.05) is 0 Å². The van der Waals surface area contributed by atoms with E-state index in [2.05, 4.69) is 18.2 Å². The first-order chi connectivity index (χ1) is 9.96. The summed E-state index contributed by atoms with van der Waals surface area (Å²) in [7, 11) is 0. The molecule has 2 aromatic rings. The summed E-state index contributed by atoms with van der Waals surface area (Å²) >= 11 is 0. The fraction of sp³-hybridized carbons (Fsp3) is 0.368. The largest absolute Gasteiger partial charge is 0.490 e. The van der Waals surface area contributed by atoms with Gasteiger partial charge in [-0.15, -0.1) is 0 Å². The molecule has 1 N–H and O–H groups in total. The van der Waals surface area contributed by atoms with E-state index in [1.165, 1.54) is 0 Å². The second-order valence-electron chi connectivity index (χ2n) is 6.24. The molecule has 2 aromatic carbocycles. The molecule has 0 aliphatic heterocycles. The van der Waals surface area contributed by atoms with Gasteiger partial charge in [-0.25, -0.2) is 0 Å². The molecule has 3 rings (SSSR count). The number of hydrogen-bond donors (Lipinski definition) is 1. The van der Waals surface area contributed by atoms with Gasteiger partial charge in [-0.3, -0.25) is 0 Å². The van der Waals surface area contributed by atoms with Crippen LogP contribution in [0.3, 0.4) is 0 Å². The van der Waals surface area contributed by atoms with Crippen molar-refractivity contribution in [2.24, 2.45) is 0 Å². The number of hydrogen-bond acceptors (Lipinski definition) is 2. The van der Waals surface area contributed by atoms with Gasteiger partial charge in [-0.2, -0.15) is 0 Å². The second-order valence-corrected chi connectivity index (χ2v) is 6.24. The van der Waals surface area contributed by atoms with E-state index >= 15 is 0 Å². The van der Waals surface area contributed by atoms with Crippen LogP contribution in [0, 0.1) is 13.8 Å². The van der Waals surface area contributed by atoms with Crippen LogP contribution in [-0.4, -0.2) is 11.2 Å². The molecule has 0 heterocycles. The van der Waals surface area contributed by atoms with E-state index in [-0.39, 0.29) is 0 Å². The first kappa shape index (κ1) is 14.2. The molecule has 0 saturated heterocycles. The van der Waals surface area contributed by atoms with Crippen molar-refractivity contribution in [2.45, 2.75) is 45.3 Å². The molecule has 1 fully saturated rings. The molecule has 2 nitrogen and oxygen atoms in total. The molecular formula is C19H22O2. The first-order valence-electron chi connectivity index (χ1n) is 7.54. The fourth-order valence-corrected chi connectivity index (χ4v) is 2.67. The zero-order valence-electron chi connectivity index (χ0n) is 12.9. The van der Waals surface area contributed by atoms with E-state index in [0.717, 1.165) is 40.8 Å². The Balaban J connectivity index is 1.98. The number of rotatable bonds is 4. The SMILES string of the molecule is Cc1ccc(C)c(C(C)(O)c2cccc(OC3CC3)c2)c1. The Morgan fingerprint density at radius 2 is 1.86 bits per heavy atom. The van der Waals surface area contributed by atoms with Gasteiger partial charge in [0.15, 0.2) is 0 Å². The molecule has 110 valence electrons. The van der Waals surface area contributed by atoms with Crippen LogP contribution < -0.4 is 4.74 Å². The summed E-state index contributed by atoms with van der Waals surface area (Å²) in [5.41, 5.74) is 3.06. The maximum absolute atomic E-state index is 11.1. The van der Waals surface area contributed by atoms with E-state index in [1.54, 1.807) is 0 Å². The predicted molar refractivity (Wildman–Crippen MR) is 84.7 cm³/mol. The van der Waals surface area contributed by atoms with Crippen LogP contribution >= 0.6 is 0 Å². The molecule has 0 aromatic heterocycles. The molecule has 1 unspecified atom stereocenters. The van der Waals surface area contributed by atoms with E-state index < -0.39 is 5.60 Å². The van der Waals surface area contributed by atoms with Crippen LogP contribution in [-0.2, 0) is 5.60 Å². The monoisotopic (exact) mass is 282 g/mol. The highest BCUT2D eigenvalue weighted by molar-refractivity contribution is 5.43. The number of ether oxygens (including phenoxy) is 1. The molecule has 0 radical (unpaired) electrons. The fourth-order valence-electron chi connectivity index (χ4n) is 2.67. The highest BCUT2D eigenvalue weighted by Gasteiger charge is 2.29. The first-order valence-corrected chi connectivity index (χ1v) is 7.54. The van der Waals surface area contributed by atoms with Crippen molar-refractivity contribution in [1.82, 2.24) is 0 Å². The highest BCUT2D eigenvalue weighted by atomic mass is 16.5. The summed E-state index contributed by atoms with van der Waals surface area (Å²) in [6.07, 6.45) is 2.64. The van der Waals surface area contributed by atoms with E-state index in [9.17, 15) is 5.11 Å². The van der Waals surface area contributed by atoms with Gasteiger partial charge in [-0.05, 0) is 62.4 Å². The Labute approximate surface area is 126 Å². The molecule has 1 atom stereocenters. The lowest BCUT2D eigenvalue weighted by Crippen LogP contribution is -2.24. The van der Waals surface area contributed by atoms with Crippen LogP contribution in [0.2, 0.25) is 0 Å². The van der Waals surface area contributed by atoms with Crippen molar-refractivity contribution in [1.29, 1.82) is 0 Å². The van der Waals surface area contributed by atoms with Crippen LogP contribution in [0.15, 0.2) is 42.5 Å². The minimum absolute atomic E-state index is 0.367. The third kappa shape index (κ3) is 2.96. The molecule has 1 saturated carbocycles. The molecule has 1 aliphatic carbocycles. The van der Waals surface area contributed by atoms with Gasteiger partial charge in [-0.1, -0.05) is 35.9 Å². The molecule has 21 heavy (non-hydrogen) atoms. The van der Waals surface area contributed by atoms with Crippen molar-refractivity contribution < 1.29 is 9.84 Å². The van der Waals surface area contributed by atoms with Crippen LogP contribution in [0.25, 0.3) is 0 Å². The zero-order valence-corrected chi connectivity index (χ0v) is 12.9. The van der Waals surface area contributed by atoms with Crippen LogP contribution in [0.4, 0.5) is 0 Å². The summed E-state index contributed by atoms with van der Waals surface area (Å²) in [4.78, 5) is 0. The van der Waals surface area contributed by atoms with Crippen molar-refractivity contribution in [3.05, 3.63) is 64.7 Å². The van der Waals surface area contributed by atoms with Gasteiger partial charge in [0.1, 0.15) is 11.4 Å². The van der Waals surface area contributed by atoms with Crippen molar-refractivity contribution in [3.63, 3.8) is 0 Å². The van der Waals surface area contributed by atoms with Crippen LogP contribution in [0.5, 0.6) is 5.75 Å². The lowest BCUT2D eigenvalue weighted by atomic mass is 9.85. The summed E-state index contributed by atoms with van der Waals surface area (Å²) in [5, 5.41) is 11.1. The van der Waals surface area contributed by atoms with Gasteiger partial charge in [0, 0.05) is 0 Å². The Morgan fingerprint density at radius 3 is 2.57 bits per heavy atom. The Hall–Kier alpha value is -1.80. The van der Waals surface area contributed by atoms with Crippen molar-refractivity contribution >= 4 is 0 Å². The molecule has 0 amide bonds. The van der Waals surface area contributed by atoms with Gasteiger partial charge in [0.05, 0.1) is 6.10 Å².